The molecule has 2 aliphatic rings. The highest BCUT2D eigenvalue weighted by Gasteiger charge is 2.30. The Morgan fingerprint density at radius 3 is 2.55 bits per heavy atom. The first-order valence-electron chi connectivity index (χ1n) is 10.6. The molecule has 29 heavy (non-hydrogen) atoms. The van der Waals surface area contributed by atoms with Crippen molar-refractivity contribution in [2.45, 2.75) is 45.4 Å². The van der Waals surface area contributed by atoms with Gasteiger partial charge in [0, 0.05) is 58.4 Å². The fraction of sp³-hybridized carbons (Fsp3) is 0.682. The van der Waals surface area contributed by atoms with Crippen LogP contribution in [-0.4, -0.2) is 86.2 Å². The molecule has 0 bridgehead atoms. The van der Waals surface area contributed by atoms with Crippen molar-refractivity contribution >= 4 is 29.9 Å². The monoisotopic (exact) mass is 515 g/mol. The maximum atomic E-state index is 5.50. The zero-order valence-electron chi connectivity index (χ0n) is 18.4. The highest BCUT2D eigenvalue weighted by Crippen LogP contribution is 2.18. The number of hydrogen-bond acceptors (Lipinski definition) is 4. The van der Waals surface area contributed by atoms with Crippen LogP contribution in [0.4, 0.5) is 0 Å². The molecule has 2 saturated heterocycles. The lowest BCUT2D eigenvalue weighted by Gasteiger charge is -2.32. The van der Waals surface area contributed by atoms with Crippen LogP contribution in [0.3, 0.4) is 0 Å². The van der Waals surface area contributed by atoms with E-state index in [0.717, 1.165) is 58.4 Å². The average Bonchev–Trinajstić information content (AvgIpc) is 3.20. The smallest absolute Gasteiger partial charge is 0.193 e. The molecular weight excluding hydrogens is 477 g/mol. The van der Waals surface area contributed by atoms with E-state index in [-0.39, 0.29) is 24.0 Å². The minimum atomic E-state index is 0. The maximum absolute atomic E-state index is 5.50. The number of morpholine rings is 1. The fourth-order valence-electron chi connectivity index (χ4n) is 4.02. The number of hydrogen-bond donors (Lipinski definition) is 1. The normalized spacial score (nSPS) is 21.0. The number of ether oxygens (including phenoxy) is 1. The molecule has 164 valence electrons. The lowest BCUT2D eigenvalue weighted by atomic mass is 10.1. The Hall–Kier alpha value is -0.900. The third-order valence-electron chi connectivity index (χ3n) is 6.09. The second kappa shape index (κ2) is 12.1. The number of aliphatic imine (C=N–C) groups is 1. The lowest BCUT2D eigenvalue weighted by Crippen LogP contribution is -2.46. The topological polar surface area (TPSA) is 43.3 Å². The van der Waals surface area contributed by atoms with Crippen LogP contribution in [0.5, 0.6) is 0 Å². The minimum Gasteiger partial charge on any atom is -0.379 e. The van der Waals surface area contributed by atoms with Gasteiger partial charge in [0.05, 0.1) is 13.2 Å². The van der Waals surface area contributed by atoms with Crippen LogP contribution >= 0.6 is 24.0 Å². The van der Waals surface area contributed by atoms with Gasteiger partial charge in [-0.25, -0.2) is 0 Å². The second-order valence-corrected chi connectivity index (χ2v) is 8.22. The first-order chi connectivity index (χ1) is 13.6. The van der Waals surface area contributed by atoms with E-state index < -0.39 is 0 Å². The molecule has 6 nitrogen and oxygen atoms in total. The number of benzene rings is 1. The summed E-state index contributed by atoms with van der Waals surface area (Å²) in [5, 5.41) is 3.61. The Bertz CT molecular complexity index is 648. The van der Waals surface area contributed by atoms with Gasteiger partial charge in [0.25, 0.3) is 0 Å². The summed E-state index contributed by atoms with van der Waals surface area (Å²) in [6.45, 7) is 12.2. The van der Waals surface area contributed by atoms with Crippen molar-refractivity contribution in [3.05, 3.63) is 35.4 Å². The van der Waals surface area contributed by atoms with E-state index in [9.17, 15) is 0 Å². The molecule has 0 saturated carbocycles. The van der Waals surface area contributed by atoms with Crippen molar-refractivity contribution in [1.82, 2.24) is 20.0 Å². The highest BCUT2D eigenvalue weighted by molar-refractivity contribution is 14.0. The Morgan fingerprint density at radius 1 is 1.21 bits per heavy atom. The largest absolute Gasteiger partial charge is 0.379 e. The fourth-order valence-corrected chi connectivity index (χ4v) is 4.02. The van der Waals surface area contributed by atoms with E-state index in [1.165, 1.54) is 17.5 Å². The number of guanidine groups is 1. The van der Waals surface area contributed by atoms with Crippen LogP contribution < -0.4 is 5.32 Å². The third-order valence-corrected chi connectivity index (χ3v) is 6.09. The summed E-state index contributed by atoms with van der Waals surface area (Å²) in [4.78, 5) is 11.9. The van der Waals surface area contributed by atoms with E-state index in [1.54, 1.807) is 0 Å². The summed E-state index contributed by atoms with van der Waals surface area (Å²) in [5.74, 6) is 1.02. The summed E-state index contributed by atoms with van der Waals surface area (Å²) < 4.78 is 5.50. The maximum Gasteiger partial charge on any atom is 0.193 e. The molecule has 0 radical (unpaired) electrons. The summed E-state index contributed by atoms with van der Waals surface area (Å²) in [7, 11) is 4.08. The Morgan fingerprint density at radius 2 is 1.90 bits per heavy atom. The summed E-state index contributed by atoms with van der Waals surface area (Å²) in [6, 6.07) is 9.88. The van der Waals surface area contributed by atoms with Gasteiger partial charge < -0.3 is 15.0 Å². The van der Waals surface area contributed by atoms with Crippen LogP contribution in [-0.2, 0) is 17.8 Å². The molecule has 7 heteroatoms. The third kappa shape index (κ3) is 6.80. The van der Waals surface area contributed by atoms with E-state index >= 15 is 0 Å². The van der Waals surface area contributed by atoms with Crippen molar-refractivity contribution < 1.29 is 4.74 Å². The predicted octanol–water partition coefficient (Wildman–Crippen LogP) is 2.63. The van der Waals surface area contributed by atoms with Crippen molar-refractivity contribution in [3.8, 4) is 0 Å². The number of likely N-dealkylation sites (tertiary alicyclic amines) is 1. The molecule has 1 atom stereocenters. The van der Waals surface area contributed by atoms with Gasteiger partial charge >= 0.3 is 0 Å². The molecule has 0 amide bonds. The van der Waals surface area contributed by atoms with Gasteiger partial charge in [0.2, 0.25) is 0 Å². The van der Waals surface area contributed by atoms with Gasteiger partial charge in [-0.15, -0.1) is 24.0 Å². The molecule has 1 N–H and O–H groups in total. The van der Waals surface area contributed by atoms with E-state index in [1.807, 2.05) is 7.05 Å². The van der Waals surface area contributed by atoms with Gasteiger partial charge in [0.1, 0.15) is 0 Å². The molecular formula is C22H38IN5O. The molecule has 0 aromatic heterocycles. The molecule has 0 spiro atoms. The summed E-state index contributed by atoms with van der Waals surface area (Å²) in [5.41, 5.74) is 2.73. The second-order valence-electron chi connectivity index (χ2n) is 8.22. The standard InChI is InChI=1S/C22H37N5O.HI/c1-18(2)25(4)16-20-8-6-5-7-19(20)15-24-22(23-3)27-10-9-21(17-27)26-11-13-28-14-12-26;/h5-8,18,21H,9-17H2,1-4H3,(H,23,24);1H. The number of nitrogens with zero attached hydrogens (tertiary/aromatic N) is 4. The van der Waals surface area contributed by atoms with Crippen molar-refractivity contribution in [3.63, 3.8) is 0 Å². The predicted molar refractivity (Wildman–Crippen MR) is 131 cm³/mol. The molecule has 0 aliphatic carbocycles. The van der Waals surface area contributed by atoms with E-state index in [4.69, 9.17) is 4.74 Å². The van der Waals surface area contributed by atoms with Crippen LogP contribution in [0, 0.1) is 0 Å². The summed E-state index contributed by atoms with van der Waals surface area (Å²) in [6.07, 6.45) is 1.20. The average molecular weight is 515 g/mol. The van der Waals surface area contributed by atoms with Crippen LogP contribution in [0.25, 0.3) is 0 Å². The zero-order chi connectivity index (χ0) is 19.9. The van der Waals surface area contributed by atoms with Gasteiger partial charge in [-0.1, -0.05) is 24.3 Å². The Balaban J connectivity index is 0.00000300. The molecule has 2 fully saturated rings. The molecule has 1 aromatic carbocycles. The Labute approximate surface area is 193 Å². The Kier molecular flexibility index (Phi) is 10.1. The number of nitrogens with one attached hydrogen (secondary N) is 1. The molecule has 1 aromatic rings. The molecule has 3 rings (SSSR count). The highest BCUT2D eigenvalue weighted by atomic mass is 127. The van der Waals surface area contributed by atoms with Crippen LogP contribution in [0.2, 0.25) is 0 Å². The molecule has 2 heterocycles. The summed E-state index contributed by atoms with van der Waals surface area (Å²) >= 11 is 0. The SMILES string of the molecule is CN=C(NCc1ccccc1CN(C)C(C)C)N1CCC(N2CCOCC2)C1.I. The van der Waals surface area contributed by atoms with Crippen molar-refractivity contribution in [1.29, 1.82) is 0 Å². The van der Waals surface area contributed by atoms with Crippen LogP contribution in [0.15, 0.2) is 29.3 Å². The van der Waals surface area contributed by atoms with Gasteiger partial charge in [0.15, 0.2) is 5.96 Å². The minimum absolute atomic E-state index is 0. The molecule has 1 unspecified atom stereocenters. The lowest BCUT2D eigenvalue weighted by molar-refractivity contribution is 0.0195. The van der Waals surface area contributed by atoms with Crippen LogP contribution in [0.1, 0.15) is 31.4 Å². The number of rotatable bonds is 6. The van der Waals surface area contributed by atoms with Gasteiger partial charge in [-0.2, -0.15) is 0 Å². The van der Waals surface area contributed by atoms with E-state index in [0.29, 0.717) is 12.1 Å². The van der Waals surface area contributed by atoms with Gasteiger partial charge in [-0.05, 0) is 38.4 Å². The van der Waals surface area contributed by atoms with Crippen molar-refractivity contribution in [2.24, 2.45) is 4.99 Å². The quantitative estimate of drug-likeness (QED) is 0.359. The zero-order valence-corrected chi connectivity index (χ0v) is 20.8. The van der Waals surface area contributed by atoms with Crippen molar-refractivity contribution in [2.75, 3.05) is 53.5 Å². The number of halogens is 1. The first kappa shape index (κ1) is 24.4. The first-order valence-corrected chi connectivity index (χ1v) is 10.6. The molecule has 2 aliphatic heterocycles. The van der Waals surface area contributed by atoms with Gasteiger partial charge in [-0.3, -0.25) is 14.8 Å². The van der Waals surface area contributed by atoms with E-state index in [2.05, 4.69) is 70.2 Å².